The highest BCUT2D eigenvalue weighted by Crippen LogP contribution is 2.14. The van der Waals surface area contributed by atoms with E-state index in [1.165, 1.54) is 0 Å². The quantitative estimate of drug-likeness (QED) is 0.583. The first-order valence-electron chi connectivity index (χ1n) is 4.21. The summed E-state index contributed by atoms with van der Waals surface area (Å²) in [5, 5.41) is 0. The molecule has 2 unspecified atom stereocenters. The maximum absolute atomic E-state index is 5.41. The maximum Gasteiger partial charge on any atom is 0.160 e. The molecule has 1 aliphatic rings. The van der Waals surface area contributed by atoms with Crippen molar-refractivity contribution >= 4 is 0 Å². The van der Waals surface area contributed by atoms with E-state index in [9.17, 15) is 0 Å². The van der Waals surface area contributed by atoms with Crippen molar-refractivity contribution in [2.45, 2.75) is 39.3 Å². The number of hydrogen-bond acceptors (Lipinski definition) is 3. The zero-order chi connectivity index (χ0) is 8.10. The van der Waals surface area contributed by atoms with Gasteiger partial charge in [0.25, 0.3) is 0 Å². The largest absolute Gasteiger partial charge is 0.353 e. The van der Waals surface area contributed by atoms with Gasteiger partial charge in [0.05, 0.1) is 0 Å². The van der Waals surface area contributed by atoms with Gasteiger partial charge in [-0.15, -0.1) is 0 Å². The van der Waals surface area contributed by atoms with E-state index in [-0.39, 0.29) is 12.6 Å². The minimum Gasteiger partial charge on any atom is -0.353 e. The fourth-order valence-corrected chi connectivity index (χ4v) is 1.14. The van der Waals surface area contributed by atoms with Crippen LogP contribution in [0.25, 0.3) is 0 Å². The van der Waals surface area contributed by atoms with Gasteiger partial charge in [-0.25, -0.2) is 0 Å². The molecule has 1 fully saturated rings. The van der Waals surface area contributed by atoms with Crippen molar-refractivity contribution in [2.75, 3.05) is 13.2 Å². The summed E-state index contributed by atoms with van der Waals surface area (Å²) in [6, 6.07) is 0. The van der Waals surface area contributed by atoms with Crippen molar-refractivity contribution in [1.29, 1.82) is 0 Å². The lowest BCUT2D eigenvalue weighted by Crippen LogP contribution is -2.21. The van der Waals surface area contributed by atoms with Gasteiger partial charge >= 0.3 is 0 Å². The van der Waals surface area contributed by atoms with Crippen LogP contribution in [0.4, 0.5) is 0 Å². The number of rotatable bonds is 4. The summed E-state index contributed by atoms with van der Waals surface area (Å²) in [6.07, 6.45) is 1.93. The molecule has 3 nitrogen and oxygen atoms in total. The van der Waals surface area contributed by atoms with E-state index in [2.05, 4.69) is 0 Å². The standard InChI is InChI=1S/C8H16O3/c1-3-9-7(2)11-8-5-4-6-10-8/h7-8H,3-6H2,1-2H3. The SMILES string of the molecule is CCOC(C)OC1CCCO1. The molecule has 0 aliphatic carbocycles. The third kappa shape index (κ3) is 3.18. The van der Waals surface area contributed by atoms with Crippen LogP contribution in [0, 0.1) is 0 Å². The Morgan fingerprint density at radius 2 is 2.45 bits per heavy atom. The topological polar surface area (TPSA) is 27.7 Å². The Morgan fingerprint density at radius 1 is 1.64 bits per heavy atom. The zero-order valence-corrected chi connectivity index (χ0v) is 7.21. The van der Waals surface area contributed by atoms with Gasteiger partial charge in [-0.3, -0.25) is 0 Å². The fraction of sp³-hybridized carbons (Fsp3) is 1.00. The summed E-state index contributed by atoms with van der Waals surface area (Å²) in [5.41, 5.74) is 0. The van der Waals surface area contributed by atoms with E-state index in [0.717, 1.165) is 19.4 Å². The van der Waals surface area contributed by atoms with E-state index >= 15 is 0 Å². The third-order valence-corrected chi connectivity index (χ3v) is 1.63. The van der Waals surface area contributed by atoms with Crippen LogP contribution in [0.3, 0.4) is 0 Å². The molecule has 0 aromatic carbocycles. The van der Waals surface area contributed by atoms with Crippen molar-refractivity contribution in [3.63, 3.8) is 0 Å². The fourth-order valence-electron chi connectivity index (χ4n) is 1.14. The number of hydrogen-bond donors (Lipinski definition) is 0. The summed E-state index contributed by atoms with van der Waals surface area (Å²) in [6.45, 7) is 5.36. The highest BCUT2D eigenvalue weighted by Gasteiger charge is 2.18. The highest BCUT2D eigenvalue weighted by atomic mass is 16.8. The molecular weight excluding hydrogens is 144 g/mol. The van der Waals surface area contributed by atoms with Crippen LogP contribution in [-0.2, 0) is 14.2 Å². The molecule has 0 aromatic heterocycles. The lowest BCUT2D eigenvalue weighted by Gasteiger charge is -2.17. The van der Waals surface area contributed by atoms with E-state index in [1.54, 1.807) is 0 Å². The van der Waals surface area contributed by atoms with Gasteiger partial charge in [-0.1, -0.05) is 0 Å². The van der Waals surface area contributed by atoms with Crippen molar-refractivity contribution in [2.24, 2.45) is 0 Å². The van der Waals surface area contributed by atoms with E-state index in [0.29, 0.717) is 6.61 Å². The summed E-state index contributed by atoms with van der Waals surface area (Å²) >= 11 is 0. The van der Waals surface area contributed by atoms with Gasteiger partial charge < -0.3 is 14.2 Å². The summed E-state index contributed by atoms with van der Waals surface area (Å²) in [7, 11) is 0. The Bertz CT molecular complexity index is 99.5. The molecule has 0 spiro atoms. The Hall–Kier alpha value is -0.120. The Balaban J connectivity index is 2.08. The van der Waals surface area contributed by atoms with Crippen LogP contribution < -0.4 is 0 Å². The predicted octanol–water partition coefficient (Wildman–Crippen LogP) is 1.52. The van der Waals surface area contributed by atoms with E-state index in [4.69, 9.17) is 14.2 Å². The second-order valence-corrected chi connectivity index (χ2v) is 2.60. The molecule has 66 valence electrons. The lowest BCUT2D eigenvalue weighted by molar-refractivity contribution is -0.221. The van der Waals surface area contributed by atoms with Gasteiger partial charge in [0, 0.05) is 19.6 Å². The third-order valence-electron chi connectivity index (χ3n) is 1.63. The molecule has 11 heavy (non-hydrogen) atoms. The predicted molar refractivity (Wildman–Crippen MR) is 41.1 cm³/mol. The smallest absolute Gasteiger partial charge is 0.160 e. The Labute approximate surface area is 67.6 Å². The molecule has 1 aliphatic heterocycles. The average Bonchev–Trinajstić information content (AvgIpc) is 2.40. The minimum atomic E-state index is -0.136. The molecular formula is C8H16O3. The first kappa shape index (κ1) is 8.97. The Morgan fingerprint density at radius 3 is 3.00 bits per heavy atom. The van der Waals surface area contributed by atoms with Crippen LogP contribution in [0.15, 0.2) is 0 Å². The molecule has 3 heteroatoms. The molecule has 1 heterocycles. The van der Waals surface area contributed by atoms with Crippen molar-refractivity contribution in [3.8, 4) is 0 Å². The van der Waals surface area contributed by atoms with E-state index in [1.807, 2.05) is 13.8 Å². The molecule has 0 N–H and O–H groups in total. The van der Waals surface area contributed by atoms with Gasteiger partial charge in [0.15, 0.2) is 12.6 Å². The van der Waals surface area contributed by atoms with Crippen LogP contribution in [0.2, 0.25) is 0 Å². The van der Waals surface area contributed by atoms with Crippen LogP contribution in [0.1, 0.15) is 26.7 Å². The van der Waals surface area contributed by atoms with Crippen LogP contribution >= 0.6 is 0 Å². The van der Waals surface area contributed by atoms with Crippen LogP contribution in [0.5, 0.6) is 0 Å². The summed E-state index contributed by atoms with van der Waals surface area (Å²) in [5.74, 6) is 0. The van der Waals surface area contributed by atoms with Gasteiger partial charge in [-0.2, -0.15) is 0 Å². The number of ether oxygens (including phenoxy) is 3. The van der Waals surface area contributed by atoms with Gasteiger partial charge in [0.1, 0.15) is 0 Å². The molecule has 0 aromatic rings. The maximum atomic E-state index is 5.41. The highest BCUT2D eigenvalue weighted by molar-refractivity contribution is 4.54. The minimum absolute atomic E-state index is 0.0310. The van der Waals surface area contributed by atoms with Crippen molar-refractivity contribution < 1.29 is 14.2 Å². The lowest BCUT2D eigenvalue weighted by atomic mass is 10.4. The summed E-state index contributed by atoms with van der Waals surface area (Å²) in [4.78, 5) is 0. The zero-order valence-electron chi connectivity index (χ0n) is 7.21. The van der Waals surface area contributed by atoms with Crippen molar-refractivity contribution in [3.05, 3.63) is 0 Å². The normalized spacial score (nSPS) is 27.3. The molecule has 0 amide bonds. The molecule has 1 rings (SSSR count). The second-order valence-electron chi connectivity index (χ2n) is 2.60. The van der Waals surface area contributed by atoms with Gasteiger partial charge in [0.2, 0.25) is 0 Å². The van der Waals surface area contributed by atoms with Crippen molar-refractivity contribution in [1.82, 2.24) is 0 Å². The second kappa shape index (κ2) is 4.70. The first-order valence-corrected chi connectivity index (χ1v) is 4.21. The van der Waals surface area contributed by atoms with Gasteiger partial charge in [-0.05, 0) is 20.3 Å². The average molecular weight is 160 g/mol. The molecule has 0 bridgehead atoms. The Kier molecular flexibility index (Phi) is 3.83. The molecule has 0 saturated carbocycles. The van der Waals surface area contributed by atoms with Crippen LogP contribution in [-0.4, -0.2) is 25.8 Å². The monoisotopic (exact) mass is 160 g/mol. The first-order chi connectivity index (χ1) is 5.33. The van der Waals surface area contributed by atoms with E-state index < -0.39 is 0 Å². The molecule has 0 radical (unpaired) electrons. The molecule has 1 saturated heterocycles. The summed E-state index contributed by atoms with van der Waals surface area (Å²) < 4.78 is 15.9. The molecule has 2 atom stereocenters.